The van der Waals surface area contributed by atoms with Gasteiger partial charge in [0.25, 0.3) is 5.91 Å². The van der Waals surface area contributed by atoms with E-state index in [4.69, 9.17) is 4.74 Å². The van der Waals surface area contributed by atoms with Crippen LogP contribution < -0.4 is 15.4 Å². The van der Waals surface area contributed by atoms with Crippen molar-refractivity contribution >= 4 is 23.2 Å². The molecule has 1 aliphatic rings. The number of aromatic nitrogens is 2. The molecule has 6 heteroatoms. The molecule has 0 bridgehead atoms. The highest BCUT2D eigenvalue weighted by Crippen LogP contribution is 2.26. The number of hydrogen-bond donors (Lipinski definition) is 2. The van der Waals surface area contributed by atoms with E-state index in [1.54, 1.807) is 30.6 Å². The van der Waals surface area contributed by atoms with Crippen LogP contribution >= 0.6 is 0 Å². The fourth-order valence-corrected chi connectivity index (χ4v) is 3.28. The van der Waals surface area contributed by atoms with E-state index in [-0.39, 0.29) is 12.0 Å². The highest BCUT2D eigenvalue weighted by molar-refractivity contribution is 6.04. The van der Waals surface area contributed by atoms with Gasteiger partial charge in [0.05, 0.1) is 6.10 Å². The summed E-state index contributed by atoms with van der Waals surface area (Å²) in [7, 11) is 0. The van der Waals surface area contributed by atoms with Gasteiger partial charge in [-0.15, -0.1) is 0 Å². The van der Waals surface area contributed by atoms with E-state index in [0.717, 1.165) is 24.3 Å². The highest BCUT2D eigenvalue weighted by Gasteiger charge is 2.16. The van der Waals surface area contributed by atoms with Crippen molar-refractivity contribution in [2.45, 2.75) is 31.8 Å². The van der Waals surface area contributed by atoms with Crippen LogP contribution in [-0.4, -0.2) is 22.0 Å². The van der Waals surface area contributed by atoms with Gasteiger partial charge in [-0.1, -0.05) is 12.1 Å². The van der Waals surface area contributed by atoms with E-state index in [0.29, 0.717) is 17.2 Å². The molecule has 2 N–H and O–H groups in total. The summed E-state index contributed by atoms with van der Waals surface area (Å²) in [5.41, 5.74) is 2.01. The van der Waals surface area contributed by atoms with Crippen molar-refractivity contribution in [2.24, 2.45) is 0 Å². The van der Waals surface area contributed by atoms with Gasteiger partial charge >= 0.3 is 0 Å². The molecule has 0 aliphatic heterocycles. The molecule has 2 aromatic carbocycles. The first kappa shape index (κ1) is 18.0. The van der Waals surface area contributed by atoms with Gasteiger partial charge < -0.3 is 15.4 Å². The molecule has 142 valence electrons. The Labute approximate surface area is 164 Å². The molecule has 3 aromatic rings. The Kier molecular flexibility index (Phi) is 5.47. The predicted octanol–water partition coefficient (Wildman–Crippen LogP) is 4.79. The second kappa shape index (κ2) is 8.52. The van der Waals surface area contributed by atoms with Crippen molar-refractivity contribution in [3.05, 3.63) is 72.6 Å². The molecule has 1 aliphatic carbocycles. The zero-order valence-corrected chi connectivity index (χ0v) is 15.5. The Balaban J connectivity index is 1.42. The number of ether oxygens (including phenoxy) is 1. The van der Waals surface area contributed by atoms with Gasteiger partial charge in [-0.05, 0) is 62.1 Å². The molecule has 0 radical (unpaired) electrons. The predicted molar refractivity (Wildman–Crippen MR) is 109 cm³/mol. The average molecular weight is 374 g/mol. The van der Waals surface area contributed by atoms with Crippen LogP contribution in [0.5, 0.6) is 5.75 Å². The monoisotopic (exact) mass is 374 g/mol. The molecular weight excluding hydrogens is 352 g/mol. The zero-order valence-electron chi connectivity index (χ0n) is 15.5. The molecule has 1 saturated carbocycles. The number of nitrogens with zero attached hydrogens (tertiary/aromatic N) is 2. The minimum absolute atomic E-state index is 0.185. The maximum atomic E-state index is 12.7. The summed E-state index contributed by atoms with van der Waals surface area (Å²) in [4.78, 5) is 20.9. The fraction of sp³-hybridized carbons (Fsp3) is 0.227. The second-order valence-corrected chi connectivity index (χ2v) is 6.78. The minimum Gasteiger partial charge on any atom is -0.490 e. The molecule has 4 rings (SSSR count). The van der Waals surface area contributed by atoms with Gasteiger partial charge in [0.15, 0.2) is 0 Å². The van der Waals surface area contributed by atoms with Crippen LogP contribution in [0.4, 0.5) is 17.3 Å². The molecule has 0 atom stereocenters. The van der Waals surface area contributed by atoms with Gasteiger partial charge in [0.2, 0.25) is 5.95 Å². The number of carbonyl (C=O) groups excluding carboxylic acids is 1. The molecule has 6 nitrogen and oxygen atoms in total. The molecule has 1 heterocycles. The van der Waals surface area contributed by atoms with Crippen molar-refractivity contribution in [3.8, 4) is 5.75 Å². The summed E-state index contributed by atoms with van der Waals surface area (Å²) in [6.07, 6.45) is 8.25. The van der Waals surface area contributed by atoms with Crippen molar-refractivity contribution in [1.82, 2.24) is 9.97 Å². The largest absolute Gasteiger partial charge is 0.490 e. The number of amides is 1. The molecule has 1 aromatic heterocycles. The number of hydrogen-bond acceptors (Lipinski definition) is 5. The van der Waals surface area contributed by atoms with E-state index in [9.17, 15) is 4.79 Å². The number of benzene rings is 2. The van der Waals surface area contributed by atoms with Crippen molar-refractivity contribution < 1.29 is 9.53 Å². The van der Waals surface area contributed by atoms with Crippen molar-refractivity contribution in [1.29, 1.82) is 0 Å². The Morgan fingerprint density at radius 3 is 2.50 bits per heavy atom. The molecule has 28 heavy (non-hydrogen) atoms. The van der Waals surface area contributed by atoms with Gasteiger partial charge in [-0.3, -0.25) is 4.79 Å². The first-order valence-corrected chi connectivity index (χ1v) is 9.48. The summed E-state index contributed by atoms with van der Waals surface area (Å²) >= 11 is 0. The minimum atomic E-state index is -0.185. The topological polar surface area (TPSA) is 76.1 Å². The number of anilines is 3. The van der Waals surface area contributed by atoms with E-state index in [1.165, 1.54) is 12.8 Å². The third-order valence-electron chi connectivity index (χ3n) is 4.64. The fourth-order valence-electron chi connectivity index (χ4n) is 3.28. The van der Waals surface area contributed by atoms with Crippen molar-refractivity contribution in [3.63, 3.8) is 0 Å². The van der Waals surface area contributed by atoms with E-state index >= 15 is 0 Å². The van der Waals surface area contributed by atoms with Crippen LogP contribution in [0.1, 0.15) is 36.0 Å². The first-order chi connectivity index (χ1) is 13.8. The summed E-state index contributed by atoms with van der Waals surface area (Å²) < 4.78 is 6.01. The lowest BCUT2D eigenvalue weighted by atomic mass is 10.2. The van der Waals surface area contributed by atoms with Crippen LogP contribution in [0.3, 0.4) is 0 Å². The van der Waals surface area contributed by atoms with Crippen LogP contribution in [-0.2, 0) is 0 Å². The highest BCUT2D eigenvalue weighted by atomic mass is 16.5. The summed E-state index contributed by atoms with van der Waals surface area (Å²) in [6, 6.07) is 16.5. The Hall–Kier alpha value is -3.41. The summed E-state index contributed by atoms with van der Waals surface area (Å²) in [5, 5.41) is 6.03. The van der Waals surface area contributed by atoms with Crippen LogP contribution in [0.15, 0.2) is 67.0 Å². The first-order valence-electron chi connectivity index (χ1n) is 9.48. The van der Waals surface area contributed by atoms with E-state index in [2.05, 4.69) is 20.6 Å². The molecule has 0 saturated heterocycles. The Morgan fingerprint density at radius 2 is 1.68 bits per heavy atom. The summed E-state index contributed by atoms with van der Waals surface area (Å²) in [6.45, 7) is 0. The standard InChI is InChI=1S/C22H22N4O2/c27-21(16-6-3-7-17(14-16)26-22-23-12-5-13-24-22)25-18-8-4-11-20(15-18)28-19-9-1-2-10-19/h3-8,11-15,19H,1-2,9-10H2,(H,25,27)(H,23,24,26). The van der Waals surface area contributed by atoms with Gasteiger partial charge in [-0.2, -0.15) is 0 Å². The van der Waals surface area contributed by atoms with Crippen LogP contribution in [0.2, 0.25) is 0 Å². The van der Waals surface area contributed by atoms with E-state index < -0.39 is 0 Å². The molecule has 1 amide bonds. The molecule has 1 fully saturated rings. The SMILES string of the molecule is O=C(Nc1cccc(OC2CCCC2)c1)c1cccc(Nc2ncccn2)c1. The number of rotatable bonds is 6. The maximum Gasteiger partial charge on any atom is 0.255 e. The third-order valence-corrected chi connectivity index (χ3v) is 4.64. The zero-order chi connectivity index (χ0) is 19.2. The van der Waals surface area contributed by atoms with E-state index in [1.807, 2.05) is 36.4 Å². The molecular formula is C22H22N4O2. The lowest BCUT2D eigenvalue weighted by Crippen LogP contribution is -2.13. The Morgan fingerprint density at radius 1 is 0.929 bits per heavy atom. The number of nitrogens with one attached hydrogen (secondary N) is 2. The lowest BCUT2D eigenvalue weighted by molar-refractivity contribution is 0.102. The second-order valence-electron chi connectivity index (χ2n) is 6.78. The lowest BCUT2D eigenvalue weighted by Gasteiger charge is -2.14. The third kappa shape index (κ3) is 4.65. The van der Waals surface area contributed by atoms with Gasteiger partial charge in [0, 0.05) is 35.4 Å². The number of carbonyl (C=O) groups is 1. The Bertz CT molecular complexity index is 940. The van der Waals surface area contributed by atoms with Crippen LogP contribution in [0, 0.1) is 0 Å². The smallest absolute Gasteiger partial charge is 0.255 e. The normalized spacial score (nSPS) is 13.9. The van der Waals surface area contributed by atoms with Gasteiger partial charge in [-0.25, -0.2) is 9.97 Å². The molecule has 0 unspecified atom stereocenters. The van der Waals surface area contributed by atoms with Crippen molar-refractivity contribution in [2.75, 3.05) is 10.6 Å². The van der Waals surface area contributed by atoms with Gasteiger partial charge in [0.1, 0.15) is 5.75 Å². The molecule has 0 spiro atoms. The van der Waals surface area contributed by atoms with Crippen LogP contribution in [0.25, 0.3) is 0 Å². The maximum absolute atomic E-state index is 12.7. The average Bonchev–Trinajstić information content (AvgIpc) is 3.22. The summed E-state index contributed by atoms with van der Waals surface area (Å²) in [5.74, 6) is 1.09. The quantitative estimate of drug-likeness (QED) is 0.648.